The van der Waals surface area contributed by atoms with Crippen molar-refractivity contribution in [2.75, 3.05) is 31.6 Å². The average molecular weight is 616 g/mol. The highest BCUT2D eigenvalue weighted by Gasteiger charge is 2.34. The molecule has 11 heteroatoms. The Morgan fingerprint density at radius 3 is 2.19 bits per heavy atom. The van der Waals surface area contributed by atoms with Crippen LogP contribution in [-0.2, 0) is 26.2 Å². The number of amides is 2. The van der Waals surface area contributed by atoms with Gasteiger partial charge >= 0.3 is 0 Å². The number of anilines is 1. The van der Waals surface area contributed by atoms with E-state index in [9.17, 15) is 18.0 Å². The van der Waals surface area contributed by atoms with E-state index in [0.717, 1.165) is 22.7 Å². The lowest BCUT2D eigenvalue weighted by molar-refractivity contribution is -0.140. The first-order chi connectivity index (χ1) is 20.2. The predicted octanol–water partition coefficient (Wildman–Crippen LogP) is 5.28. The van der Waals surface area contributed by atoms with Gasteiger partial charge < -0.3 is 19.7 Å². The Labute approximate surface area is 253 Å². The van der Waals surface area contributed by atoms with E-state index in [1.165, 1.54) is 37.3 Å². The van der Waals surface area contributed by atoms with Crippen LogP contribution in [0.1, 0.15) is 38.7 Å². The molecule has 0 fully saturated rings. The number of hydrogen-bond acceptors (Lipinski definition) is 6. The van der Waals surface area contributed by atoms with Gasteiger partial charge in [0.15, 0.2) is 11.5 Å². The molecular formula is C31H38ClN3O6S. The number of carbonyl (C=O) groups is 2. The highest BCUT2D eigenvalue weighted by molar-refractivity contribution is 7.92. The van der Waals surface area contributed by atoms with Crippen molar-refractivity contribution in [1.82, 2.24) is 10.2 Å². The normalized spacial score (nSPS) is 11.8. The summed E-state index contributed by atoms with van der Waals surface area (Å²) in [5, 5.41) is 3.45. The van der Waals surface area contributed by atoms with Crippen molar-refractivity contribution in [2.24, 2.45) is 0 Å². The fourth-order valence-corrected chi connectivity index (χ4v) is 5.99. The van der Waals surface area contributed by atoms with E-state index in [1.54, 1.807) is 54.6 Å². The Hall–Kier alpha value is -3.76. The second-order valence-electron chi connectivity index (χ2n) is 9.58. The van der Waals surface area contributed by atoms with Crippen LogP contribution in [-0.4, -0.2) is 58.5 Å². The van der Waals surface area contributed by atoms with Crippen molar-refractivity contribution in [2.45, 2.75) is 50.6 Å². The van der Waals surface area contributed by atoms with Crippen LogP contribution in [0, 0.1) is 0 Å². The highest BCUT2D eigenvalue weighted by Crippen LogP contribution is 2.34. The molecule has 0 aliphatic heterocycles. The van der Waals surface area contributed by atoms with Gasteiger partial charge in [-0.25, -0.2) is 8.42 Å². The number of sulfonamides is 1. The third-order valence-corrected chi connectivity index (χ3v) is 8.79. The quantitative estimate of drug-likeness (QED) is 0.233. The molecule has 1 atom stereocenters. The first-order valence-corrected chi connectivity index (χ1v) is 15.6. The van der Waals surface area contributed by atoms with Gasteiger partial charge in [-0.3, -0.25) is 13.9 Å². The fraction of sp³-hybridized carbons (Fsp3) is 0.355. The second-order valence-corrected chi connectivity index (χ2v) is 11.9. The van der Waals surface area contributed by atoms with Gasteiger partial charge in [-0.1, -0.05) is 62.2 Å². The molecule has 42 heavy (non-hydrogen) atoms. The van der Waals surface area contributed by atoms with Gasteiger partial charge in [0, 0.05) is 24.2 Å². The summed E-state index contributed by atoms with van der Waals surface area (Å²) >= 11 is 6.08. The zero-order valence-corrected chi connectivity index (χ0v) is 26.0. The lowest BCUT2D eigenvalue weighted by Gasteiger charge is -2.33. The van der Waals surface area contributed by atoms with Crippen LogP contribution in [0.2, 0.25) is 5.02 Å². The minimum atomic E-state index is -4.20. The largest absolute Gasteiger partial charge is 0.493 e. The maximum absolute atomic E-state index is 14.1. The van der Waals surface area contributed by atoms with Crippen LogP contribution in [0.3, 0.4) is 0 Å². The van der Waals surface area contributed by atoms with E-state index < -0.39 is 28.5 Å². The molecule has 0 heterocycles. The molecule has 2 amide bonds. The van der Waals surface area contributed by atoms with Crippen molar-refractivity contribution in [1.29, 1.82) is 0 Å². The van der Waals surface area contributed by atoms with Gasteiger partial charge in [-0.05, 0) is 54.8 Å². The molecular weight excluding hydrogens is 578 g/mol. The summed E-state index contributed by atoms with van der Waals surface area (Å²) < 4.78 is 39.7. The molecule has 0 saturated carbocycles. The van der Waals surface area contributed by atoms with Gasteiger partial charge in [-0.2, -0.15) is 0 Å². The summed E-state index contributed by atoms with van der Waals surface area (Å²) in [6.45, 7) is 3.85. The van der Waals surface area contributed by atoms with E-state index in [0.29, 0.717) is 29.5 Å². The number of nitrogens with zero attached hydrogens (tertiary/aromatic N) is 2. The van der Waals surface area contributed by atoms with Gasteiger partial charge in [-0.15, -0.1) is 0 Å². The van der Waals surface area contributed by atoms with E-state index in [4.69, 9.17) is 21.1 Å². The summed E-state index contributed by atoms with van der Waals surface area (Å²) in [6.07, 6.45) is 2.04. The zero-order chi connectivity index (χ0) is 30.7. The Bertz CT molecular complexity index is 1430. The summed E-state index contributed by atoms with van der Waals surface area (Å²) in [5.74, 6) is -0.132. The summed E-state index contributed by atoms with van der Waals surface area (Å²) in [6, 6.07) is 18.6. The number of unbranched alkanes of at least 4 members (excludes halogenated alkanes) is 1. The number of nitrogens with one attached hydrogen (secondary N) is 1. The molecule has 0 unspecified atom stereocenters. The number of methoxy groups -OCH3 is 2. The minimum Gasteiger partial charge on any atom is -0.493 e. The van der Waals surface area contributed by atoms with Gasteiger partial charge in [0.1, 0.15) is 12.6 Å². The minimum absolute atomic E-state index is 0.0150. The fourth-order valence-electron chi connectivity index (χ4n) is 4.44. The average Bonchev–Trinajstić information content (AvgIpc) is 3.00. The van der Waals surface area contributed by atoms with E-state index >= 15 is 0 Å². The van der Waals surface area contributed by atoms with Gasteiger partial charge in [0.05, 0.1) is 24.8 Å². The SMILES string of the molecule is CCCCNC(=O)[C@H](CC)N(Cc1ccc(Cl)cc1)C(=O)CN(c1ccc(OC)c(OC)c1)S(=O)(=O)c1ccccc1. The summed E-state index contributed by atoms with van der Waals surface area (Å²) in [5.41, 5.74) is 0.952. The molecule has 0 spiro atoms. The van der Waals surface area contributed by atoms with Crippen LogP contribution in [0.15, 0.2) is 77.7 Å². The van der Waals surface area contributed by atoms with E-state index in [1.807, 2.05) is 13.8 Å². The molecule has 9 nitrogen and oxygen atoms in total. The standard InChI is InChI=1S/C31H38ClN3O6S/c1-5-7-19-33-31(37)27(6-2)34(21-23-13-15-24(32)16-14-23)30(36)22-35(42(38,39)26-11-9-8-10-12-26)25-17-18-28(40-3)29(20-25)41-4/h8-18,20,27H,5-7,19,21-22H2,1-4H3,(H,33,37)/t27-/m0/s1. The van der Waals surface area contributed by atoms with Crippen molar-refractivity contribution >= 4 is 39.1 Å². The number of carbonyl (C=O) groups excluding carboxylic acids is 2. The number of benzene rings is 3. The maximum Gasteiger partial charge on any atom is 0.264 e. The molecule has 3 rings (SSSR count). The monoisotopic (exact) mass is 615 g/mol. The second kappa shape index (κ2) is 15.5. The van der Waals surface area contributed by atoms with E-state index in [2.05, 4.69) is 5.32 Å². The molecule has 226 valence electrons. The lowest BCUT2D eigenvalue weighted by Crippen LogP contribution is -2.52. The summed E-state index contributed by atoms with van der Waals surface area (Å²) in [4.78, 5) is 28.9. The smallest absolute Gasteiger partial charge is 0.264 e. The summed E-state index contributed by atoms with van der Waals surface area (Å²) in [7, 11) is -1.28. The van der Waals surface area contributed by atoms with Gasteiger partial charge in [0.2, 0.25) is 11.8 Å². The Kier molecular flexibility index (Phi) is 12.1. The molecule has 3 aromatic rings. The Morgan fingerprint density at radius 2 is 1.60 bits per heavy atom. The van der Waals surface area contributed by atoms with Crippen molar-refractivity contribution < 1.29 is 27.5 Å². The third-order valence-electron chi connectivity index (χ3n) is 6.75. The number of halogens is 1. The van der Waals surface area contributed by atoms with E-state index in [-0.39, 0.29) is 23.0 Å². The number of ether oxygens (including phenoxy) is 2. The predicted molar refractivity (Wildman–Crippen MR) is 165 cm³/mol. The Morgan fingerprint density at radius 1 is 0.929 bits per heavy atom. The maximum atomic E-state index is 14.1. The third kappa shape index (κ3) is 8.17. The van der Waals surface area contributed by atoms with Crippen LogP contribution in [0.5, 0.6) is 11.5 Å². The molecule has 3 aromatic carbocycles. The van der Waals surface area contributed by atoms with Crippen LogP contribution in [0.25, 0.3) is 0 Å². The molecule has 0 aliphatic carbocycles. The molecule has 0 aromatic heterocycles. The molecule has 0 saturated heterocycles. The molecule has 0 aliphatic rings. The molecule has 1 N–H and O–H groups in total. The van der Waals surface area contributed by atoms with Crippen LogP contribution in [0.4, 0.5) is 5.69 Å². The van der Waals surface area contributed by atoms with Crippen molar-refractivity contribution in [3.63, 3.8) is 0 Å². The Balaban J connectivity index is 2.07. The molecule has 0 bridgehead atoms. The number of rotatable bonds is 15. The van der Waals surface area contributed by atoms with Crippen molar-refractivity contribution in [3.05, 3.63) is 83.4 Å². The zero-order valence-electron chi connectivity index (χ0n) is 24.4. The van der Waals surface area contributed by atoms with Gasteiger partial charge in [0.25, 0.3) is 10.0 Å². The van der Waals surface area contributed by atoms with Crippen molar-refractivity contribution in [3.8, 4) is 11.5 Å². The highest BCUT2D eigenvalue weighted by atomic mass is 35.5. The topological polar surface area (TPSA) is 105 Å². The first-order valence-electron chi connectivity index (χ1n) is 13.8. The molecule has 0 radical (unpaired) electrons. The van der Waals surface area contributed by atoms with Crippen LogP contribution < -0.4 is 19.1 Å². The lowest BCUT2D eigenvalue weighted by atomic mass is 10.1. The number of hydrogen-bond donors (Lipinski definition) is 1. The van der Waals surface area contributed by atoms with Crippen LogP contribution >= 0.6 is 11.6 Å². The first kappa shape index (κ1) is 32.8.